The molecule has 18 heavy (non-hydrogen) atoms. The van der Waals surface area contributed by atoms with Gasteiger partial charge >= 0.3 is 0 Å². The van der Waals surface area contributed by atoms with Crippen molar-refractivity contribution < 1.29 is 17.9 Å². The molecule has 0 spiro atoms. The van der Waals surface area contributed by atoms with E-state index in [-0.39, 0.29) is 24.6 Å². The van der Waals surface area contributed by atoms with Gasteiger partial charge < -0.3 is 5.11 Å². The predicted molar refractivity (Wildman–Crippen MR) is 69.4 cm³/mol. The van der Waals surface area contributed by atoms with Gasteiger partial charge in [-0.25, -0.2) is 12.8 Å². The lowest BCUT2D eigenvalue weighted by molar-refractivity contribution is 0.306. The van der Waals surface area contributed by atoms with Crippen LogP contribution in [-0.2, 0) is 10.0 Å². The Bertz CT molecular complexity index is 502. The first-order chi connectivity index (χ1) is 8.51. The molecule has 0 radical (unpaired) electrons. The van der Waals surface area contributed by atoms with Crippen molar-refractivity contribution in [3.05, 3.63) is 42.7 Å². The highest BCUT2D eigenvalue weighted by Gasteiger charge is 2.21. The van der Waals surface area contributed by atoms with Crippen molar-refractivity contribution in [2.75, 3.05) is 23.2 Å². The van der Waals surface area contributed by atoms with Gasteiger partial charge in [-0.05, 0) is 24.6 Å². The Balaban J connectivity index is 3.05. The lowest BCUT2D eigenvalue weighted by Gasteiger charge is -2.23. The second kappa shape index (κ2) is 6.51. The number of benzene rings is 1. The lowest BCUT2D eigenvalue weighted by Crippen LogP contribution is -2.35. The zero-order valence-electron chi connectivity index (χ0n) is 9.92. The molecule has 0 fully saturated rings. The van der Waals surface area contributed by atoms with E-state index < -0.39 is 15.8 Å². The number of rotatable bonds is 7. The molecule has 0 aliphatic heterocycles. The normalized spacial score (nSPS) is 11.2. The van der Waals surface area contributed by atoms with Crippen LogP contribution in [0.5, 0.6) is 0 Å². The minimum atomic E-state index is -3.58. The second-order valence-electron chi connectivity index (χ2n) is 3.67. The van der Waals surface area contributed by atoms with Gasteiger partial charge in [-0.15, -0.1) is 6.58 Å². The van der Waals surface area contributed by atoms with Crippen LogP contribution in [0.25, 0.3) is 0 Å². The maximum atomic E-state index is 13.1. The van der Waals surface area contributed by atoms with Gasteiger partial charge in [0.2, 0.25) is 10.0 Å². The van der Waals surface area contributed by atoms with E-state index in [0.717, 1.165) is 10.4 Å². The Morgan fingerprint density at radius 2 is 2.17 bits per heavy atom. The summed E-state index contributed by atoms with van der Waals surface area (Å²) in [5.74, 6) is -0.637. The Kier molecular flexibility index (Phi) is 5.30. The number of aliphatic hydroxyl groups is 1. The van der Waals surface area contributed by atoms with E-state index in [4.69, 9.17) is 5.11 Å². The van der Waals surface area contributed by atoms with Crippen molar-refractivity contribution in [1.82, 2.24) is 0 Å². The predicted octanol–water partition coefficient (Wildman–Crippen LogP) is 1.53. The Morgan fingerprint density at radius 1 is 1.44 bits per heavy atom. The minimum Gasteiger partial charge on any atom is -0.394 e. The molecule has 0 saturated carbocycles. The van der Waals surface area contributed by atoms with Crippen LogP contribution >= 0.6 is 0 Å². The maximum Gasteiger partial charge on any atom is 0.235 e. The van der Waals surface area contributed by atoms with Gasteiger partial charge in [0.1, 0.15) is 5.82 Å². The molecule has 0 aliphatic carbocycles. The third-order valence-electron chi connectivity index (χ3n) is 2.31. The number of aliphatic hydroxyl groups excluding tert-OH is 1. The van der Waals surface area contributed by atoms with Crippen LogP contribution < -0.4 is 4.31 Å². The summed E-state index contributed by atoms with van der Waals surface area (Å²) in [6, 6.07) is 5.28. The van der Waals surface area contributed by atoms with Crippen molar-refractivity contribution in [3.8, 4) is 0 Å². The summed E-state index contributed by atoms with van der Waals surface area (Å²) >= 11 is 0. The third kappa shape index (κ3) is 3.82. The Labute approximate surface area is 106 Å². The van der Waals surface area contributed by atoms with E-state index in [1.165, 1.54) is 24.3 Å². The highest BCUT2D eigenvalue weighted by molar-refractivity contribution is 7.92. The summed E-state index contributed by atoms with van der Waals surface area (Å²) < 4.78 is 38.2. The van der Waals surface area contributed by atoms with Gasteiger partial charge in [0.15, 0.2) is 0 Å². The molecule has 0 atom stereocenters. The first kappa shape index (κ1) is 14.7. The van der Waals surface area contributed by atoms with Crippen molar-refractivity contribution in [2.24, 2.45) is 0 Å². The molecule has 0 bridgehead atoms. The monoisotopic (exact) mass is 273 g/mol. The highest BCUT2D eigenvalue weighted by atomic mass is 32.2. The smallest absolute Gasteiger partial charge is 0.235 e. The molecule has 0 amide bonds. The zero-order chi connectivity index (χ0) is 13.6. The van der Waals surface area contributed by atoms with E-state index in [1.54, 1.807) is 0 Å². The molecule has 1 aromatic carbocycles. The van der Waals surface area contributed by atoms with Crippen molar-refractivity contribution in [1.29, 1.82) is 0 Å². The van der Waals surface area contributed by atoms with Gasteiger partial charge in [0.25, 0.3) is 0 Å². The minimum absolute atomic E-state index is 0.0943. The van der Waals surface area contributed by atoms with E-state index >= 15 is 0 Å². The summed E-state index contributed by atoms with van der Waals surface area (Å²) in [4.78, 5) is 0. The third-order valence-corrected chi connectivity index (χ3v) is 4.13. The van der Waals surface area contributed by atoms with Crippen LogP contribution in [0.4, 0.5) is 10.1 Å². The van der Waals surface area contributed by atoms with Crippen molar-refractivity contribution in [3.63, 3.8) is 0 Å². The van der Waals surface area contributed by atoms with Gasteiger partial charge in [0, 0.05) is 0 Å². The first-order valence-corrected chi connectivity index (χ1v) is 7.10. The van der Waals surface area contributed by atoms with Crippen molar-refractivity contribution >= 4 is 15.7 Å². The molecule has 1 N–H and O–H groups in total. The number of hydrogen-bond donors (Lipinski definition) is 1. The van der Waals surface area contributed by atoms with Crippen LogP contribution in [0.15, 0.2) is 36.9 Å². The fourth-order valence-electron chi connectivity index (χ4n) is 1.49. The second-order valence-corrected chi connectivity index (χ2v) is 5.68. The molecule has 0 unspecified atom stereocenters. The summed E-state index contributed by atoms with van der Waals surface area (Å²) in [5, 5.41) is 8.94. The van der Waals surface area contributed by atoms with Crippen LogP contribution in [0.2, 0.25) is 0 Å². The number of hydrogen-bond acceptors (Lipinski definition) is 3. The van der Waals surface area contributed by atoms with Crippen molar-refractivity contribution in [2.45, 2.75) is 6.42 Å². The van der Waals surface area contributed by atoms with E-state index in [2.05, 4.69) is 6.58 Å². The average molecular weight is 273 g/mol. The van der Waals surface area contributed by atoms with Crippen LogP contribution in [0.1, 0.15) is 6.42 Å². The SMILES string of the molecule is C=CCCS(=O)(=O)N(CCO)c1cccc(F)c1. The van der Waals surface area contributed by atoms with Gasteiger partial charge in [0.05, 0.1) is 24.6 Å². The highest BCUT2D eigenvalue weighted by Crippen LogP contribution is 2.19. The molecule has 4 nitrogen and oxygen atoms in total. The number of sulfonamides is 1. The van der Waals surface area contributed by atoms with E-state index in [9.17, 15) is 12.8 Å². The Hall–Kier alpha value is -1.40. The zero-order valence-corrected chi connectivity index (χ0v) is 10.7. The lowest BCUT2D eigenvalue weighted by atomic mass is 10.3. The molecule has 0 aromatic heterocycles. The molecular formula is C12H16FNO3S. The standard InChI is InChI=1S/C12H16FNO3S/c1-2-3-9-18(16,17)14(7-8-15)12-6-4-5-11(13)10-12/h2,4-6,10,15H,1,3,7-9H2. The molecule has 1 aromatic rings. The summed E-state index contributed by atoms with van der Waals surface area (Å²) in [5.41, 5.74) is 0.216. The van der Waals surface area contributed by atoms with Gasteiger partial charge in [-0.2, -0.15) is 0 Å². The average Bonchev–Trinajstić information content (AvgIpc) is 2.33. The van der Waals surface area contributed by atoms with Crippen LogP contribution in [-0.4, -0.2) is 32.4 Å². The van der Waals surface area contributed by atoms with E-state index in [0.29, 0.717) is 6.42 Å². The topological polar surface area (TPSA) is 57.6 Å². The number of nitrogens with zero attached hydrogens (tertiary/aromatic N) is 1. The summed E-state index contributed by atoms with van der Waals surface area (Å²) in [6.07, 6.45) is 1.81. The molecule has 0 aliphatic rings. The number of halogens is 1. The molecule has 0 saturated heterocycles. The molecular weight excluding hydrogens is 257 g/mol. The maximum absolute atomic E-state index is 13.1. The molecule has 0 heterocycles. The van der Waals surface area contributed by atoms with Crippen LogP contribution in [0, 0.1) is 5.82 Å². The fraction of sp³-hybridized carbons (Fsp3) is 0.333. The molecule has 100 valence electrons. The summed E-state index contributed by atoms with van der Waals surface area (Å²) in [6.45, 7) is 3.04. The first-order valence-electron chi connectivity index (χ1n) is 5.49. The van der Waals surface area contributed by atoms with Crippen LogP contribution in [0.3, 0.4) is 0 Å². The quantitative estimate of drug-likeness (QED) is 0.766. The number of allylic oxidation sites excluding steroid dienone is 1. The molecule has 6 heteroatoms. The fourth-order valence-corrected chi connectivity index (χ4v) is 2.97. The van der Waals surface area contributed by atoms with Gasteiger partial charge in [-0.1, -0.05) is 12.1 Å². The van der Waals surface area contributed by atoms with E-state index in [1.807, 2.05) is 0 Å². The summed E-state index contributed by atoms with van der Waals surface area (Å²) in [7, 11) is -3.58. The molecule has 1 rings (SSSR count). The Morgan fingerprint density at radius 3 is 2.72 bits per heavy atom. The van der Waals surface area contributed by atoms with Gasteiger partial charge in [-0.3, -0.25) is 4.31 Å². The number of anilines is 1. The largest absolute Gasteiger partial charge is 0.394 e.